The first kappa shape index (κ1) is 20.2. The summed E-state index contributed by atoms with van der Waals surface area (Å²) in [6, 6.07) is 21.0. The predicted molar refractivity (Wildman–Crippen MR) is 110 cm³/mol. The summed E-state index contributed by atoms with van der Waals surface area (Å²) in [7, 11) is 0. The average Bonchev–Trinajstić information content (AvgIpc) is 2.66. The van der Waals surface area contributed by atoms with Crippen LogP contribution in [-0.2, 0) is 17.6 Å². The highest BCUT2D eigenvalue weighted by Gasteiger charge is 2.14. The summed E-state index contributed by atoms with van der Waals surface area (Å²) < 4.78 is 0. The maximum absolute atomic E-state index is 12.4. The van der Waals surface area contributed by atoms with Gasteiger partial charge in [0.05, 0.1) is 0 Å². The Morgan fingerprint density at radius 1 is 0.769 bits per heavy atom. The van der Waals surface area contributed by atoms with Gasteiger partial charge in [-0.05, 0) is 30.4 Å². The van der Waals surface area contributed by atoms with Crippen LogP contribution in [0.15, 0.2) is 60.7 Å². The molecule has 0 aliphatic rings. The lowest BCUT2D eigenvalue weighted by Crippen LogP contribution is -2.38. The van der Waals surface area contributed by atoms with E-state index in [1.54, 1.807) is 0 Å². The summed E-state index contributed by atoms with van der Waals surface area (Å²) in [5, 5.41) is 3.28. The third kappa shape index (κ3) is 8.33. The summed E-state index contributed by atoms with van der Waals surface area (Å²) in [6.45, 7) is 2.23. The van der Waals surface area contributed by atoms with Crippen molar-refractivity contribution in [3.8, 4) is 0 Å². The molecule has 0 unspecified atom stereocenters. The SMILES string of the molecule is CCCCCCCCC(=O)NC(Cc1ccccc1)Cc1ccccc1. The Balaban J connectivity index is 1.83. The maximum Gasteiger partial charge on any atom is 0.220 e. The van der Waals surface area contributed by atoms with E-state index >= 15 is 0 Å². The summed E-state index contributed by atoms with van der Waals surface area (Å²) >= 11 is 0. The number of carbonyl (C=O) groups excluding carboxylic acids is 1. The van der Waals surface area contributed by atoms with Crippen molar-refractivity contribution >= 4 is 5.91 Å². The van der Waals surface area contributed by atoms with Crippen molar-refractivity contribution in [1.29, 1.82) is 0 Å². The Bertz CT molecular complexity index is 567. The molecule has 0 aliphatic carbocycles. The average molecular weight is 352 g/mol. The van der Waals surface area contributed by atoms with E-state index in [1.807, 2.05) is 12.1 Å². The molecule has 0 fully saturated rings. The molecule has 0 heterocycles. The van der Waals surface area contributed by atoms with E-state index in [0.717, 1.165) is 25.7 Å². The zero-order valence-electron chi connectivity index (χ0n) is 16.1. The Labute approximate surface area is 159 Å². The van der Waals surface area contributed by atoms with Gasteiger partial charge in [0.15, 0.2) is 0 Å². The van der Waals surface area contributed by atoms with Crippen LogP contribution in [0.25, 0.3) is 0 Å². The molecular formula is C24H33NO. The Kier molecular flexibility index (Phi) is 9.56. The van der Waals surface area contributed by atoms with Crippen molar-refractivity contribution in [1.82, 2.24) is 5.32 Å². The van der Waals surface area contributed by atoms with E-state index in [1.165, 1.54) is 36.8 Å². The molecule has 1 N–H and O–H groups in total. The fraction of sp³-hybridized carbons (Fsp3) is 0.458. The fourth-order valence-corrected chi connectivity index (χ4v) is 3.34. The first-order valence-electron chi connectivity index (χ1n) is 10.1. The number of benzene rings is 2. The number of amides is 1. The largest absolute Gasteiger partial charge is 0.353 e. The van der Waals surface area contributed by atoms with Crippen LogP contribution >= 0.6 is 0 Å². The molecule has 0 atom stereocenters. The minimum atomic E-state index is 0.146. The lowest BCUT2D eigenvalue weighted by molar-refractivity contribution is -0.121. The van der Waals surface area contributed by atoms with E-state index in [9.17, 15) is 4.79 Å². The normalized spacial score (nSPS) is 10.8. The number of hydrogen-bond donors (Lipinski definition) is 1. The second kappa shape index (κ2) is 12.3. The molecule has 0 saturated heterocycles. The van der Waals surface area contributed by atoms with Gasteiger partial charge in [0.2, 0.25) is 5.91 Å². The van der Waals surface area contributed by atoms with Gasteiger partial charge in [-0.25, -0.2) is 0 Å². The molecule has 0 aromatic heterocycles. The van der Waals surface area contributed by atoms with Gasteiger partial charge < -0.3 is 5.32 Å². The molecular weight excluding hydrogens is 318 g/mol. The van der Waals surface area contributed by atoms with Gasteiger partial charge in [0, 0.05) is 12.5 Å². The Morgan fingerprint density at radius 2 is 1.27 bits per heavy atom. The first-order valence-corrected chi connectivity index (χ1v) is 10.1. The van der Waals surface area contributed by atoms with Crippen molar-refractivity contribution < 1.29 is 4.79 Å². The molecule has 0 saturated carbocycles. The van der Waals surface area contributed by atoms with Crippen LogP contribution in [0.4, 0.5) is 0 Å². The van der Waals surface area contributed by atoms with E-state index in [-0.39, 0.29) is 11.9 Å². The maximum atomic E-state index is 12.4. The van der Waals surface area contributed by atoms with Crippen LogP contribution < -0.4 is 5.32 Å². The first-order chi connectivity index (χ1) is 12.8. The molecule has 2 aromatic rings. The predicted octanol–water partition coefficient (Wildman–Crippen LogP) is 5.71. The van der Waals surface area contributed by atoms with Crippen LogP contribution in [0.5, 0.6) is 0 Å². The van der Waals surface area contributed by atoms with Crippen LogP contribution in [-0.4, -0.2) is 11.9 Å². The van der Waals surface area contributed by atoms with Gasteiger partial charge in [0.1, 0.15) is 0 Å². The summed E-state index contributed by atoms with van der Waals surface area (Å²) in [5.41, 5.74) is 2.54. The number of carbonyl (C=O) groups is 1. The van der Waals surface area contributed by atoms with Gasteiger partial charge in [-0.2, -0.15) is 0 Å². The highest BCUT2D eigenvalue weighted by atomic mass is 16.1. The minimum absolute atomic E-state index is 0.146. The molecule has 0 aliphatic heterocycles. The second-order valence-corrected chi connectivity index (χ2v) is 7.16. The van der Waals surface area contributed by atoms with Crippen molar-refractivity contribution in [3.05, 3.63) is 71.8 Å². The topological polar surface area (TPSA) is 29.1 Å². The van der Waals surface area contributed by atoms with Crippen molar-refractivity contribution in [3.63, 3.8) is 0 Å². The fourth-order valence-electron chi connectivity index (χ4n) is 3.34. The summed E-state index contributed by atoms with van der Waals surface area (Å²) in [6.07, 6.45) is 9.67. The van der Waals surface area contributed by atoms with E-state index < -0.39 is 0 Å². The molecule has 1 amide bonds. The van der Waals surface area contributed by atoms with E-state index in [0.29, 0.717) is 6.42 Å². The van der Waals surface area contributed by atoms with Crippen molar-refractivity contribution in [2.45, 2.75) is 70.8 Å². The number of nitrogens with one attached hydrogen (secondary N) is 1. The van der Waals surface area contributed by atoms with Crippen LogP contribution in [0.3, 0.4) is 0 Å². The van der Waals surface area contributed by atoms with E-state index in [4.69, 9.17) is 0 Å². The van der Waals surface area contributed by atoms with Crippen LogP contribution in [0, 0.1) is 0 Å². The molecule has 0 radical (unpaired) electrons. The zero-order chi connectivity index (χ0) is 18.5. The number of unbranched alkanes of at least 4 members (excludes halogenated alkanes) is 5. The smallest absolute Gasteiger partial charge is 0.220 e. The van der Waals surface area contributed by atoms with Gasteiger partial charge in [0.25, 0.3) is 0 Å². The Hall–Kier alpha value is -2.09. The van der Waals surface area contributed by atoms with Crippen molar-refractivity contribution in [2.24, 2.45) is 0 Å². The quantitative estimate of drug-likeness (QED) is 0.488. The highest BCUT2D eigenvalue weighted by molar-refractivity contribution is 5.76. The molecule has 0 spiro atoms. The lowest BCUT2D eigenvalue weighted by atomic mass is 9.98. The Morgan fingerprint density at radius 3 is 1.81 bits per heavy atom. The summed E-state index contributed by atoms with van der Waals surface area (Å²) in [5.74, 6) is 0.192. The third-order valence-electron chi connectivity index (χ3n) is 4.77. The monoisotopic (exact) mass is 351 g/mol. The molecule has 2 aromatic carbocycles. The lowest BCUT2D eigenvalue weighted by Gasteiger charge is -2.19. The van der Waals surface area contributed by atoms with E-state index in [2.05, 4.69) is 60.8 Å². The minimum Gasteiger partial charge on any atom is -0.353 e. The summed E-state index contributed by atoms with van der Waals surface area (Å²) in [4.78, 5) is 12.4. The molecule has 140 valence electrons. The van der Waals surface area contributed by atoms with Gasteiger partial charge in [-0.3, -0.25) is 4.79 Å². The van der Waals surface area contributed by atoms with Crippen molar-refractivity contribution in [2.75, 3.05) is 0 Å². The molecule has 0 bridgehead atoms. The molecule has 2 nitrogen and oxygen atoms in total. The zero-order valence-corrected chi connectivity index (χ0v) is 16.1. The van der Waals surface area contributed by atoms with Crippen LogP contribution in [0.2, 0.25) is 0 Å². The molecule has 2 heteroatoms. The standard InChI is InChI=1S/C24H33NO/c1-2-3-4-5-6-13-18-24(26)25-23(19-21-14-9-7-10-15-21)20-22-16-11-8-12-17-22/h7-12,14-17,23H,2-6,13,18-20H2,1H3,(H,25,26). The third-order valence-corrected chi connectivity index (χ3v) is 4.77. The number of rotatable bonds is 12. The molecule has 2 rings (SSSR count). The highest BCUT2D eigenvalue weighted by Crippen LogP contribution is 2.11. The second-order valence-electron chi connectivity index (χ2n) is 7.16. The molecule has 26 heavy (non-hydrogen) atoms. The van der Waals surface area contributed by atoms with Crippen LogP contribution in [0.1, 0.15) is 63.0 Å². The number of hydrogen-bond acceptors (Lipinski definition) is 1. The van der Waals surface area contributed by atoms with Gasteiger partial charge >= 0.3 is 0 Å². The van der Waals surface area contributed by atoms with Gasteiger partial charge in [-0.15, -0.1) is 0 Å². The van der Waals surface area contributed by atoms with Gasteiger partial charge in [-0.1, -0.05) is 99.7 Å².